The Bertz CT molecular complexity index is 158. The van der Waals surface area contributed by atoms with Crippen molar-refractivity contribution in [3.8, 4) is 0 Å². The lowest BCUT2D eigenvalue weighted by Crippen LogP contribution is -2.26. The van der Waals surface area contributed by atoms with Gasteiger partial charge in [0.15, 0.2) is 6.29 Å². The van der Waals surface area contributed by atoms with E-state index in [-0.39, 0.29) is 18.2 Å². The summed E-state index contributed by atoms with van der Waals surface area (Å²) in [4.78, 5) is 12.7. The molecule has 11 heavy (non-hydrogen) atoms. The molecule has 2 N–H and O–H groups in total. The average molecular weight is 159 g/mol. The van der Waals surface area contributed by atoms with Crippen LogP contribution in [0.1, 0.15) is 13.3 Å². The van der Waals surface area contributed by atoms with E-state index in [1.54, 1.807) is 4.90 Å². The van der Waals surface area contributed by atoms with E-state index in [9.17, 15) is 4.79 Å². The van der Waals surface area contributed by atoms with Gasteiger partial charge in [-0.05, 0) is 6.92 Å². The molecule has 0 aromatic carbocycles. The molecule has 0 aromatic heterocycles. The molecule has 1 aliphatic rings. The van der Waals surface area contributed by atoms with Crippen LogP contribution < -0.4 is 0 Å². The van der Waals surface area contributed by atoms with Crippen molar-refractivity contribution in [2.75, 3.05) is 13.1 Å². The minimum Gasteiger partial charge on any atom is -0.368 e. The third-order valence-corrected chi connectivity index (χ3v) is 2.05. The molecule has 4 nitrogen and oxygen atoms in total. The first-order valence-corrected chi connectivity index (χ1v) is 3.79. The SMILES string of the molecule is CCN1CC(C(O)O)CC1=O. The molecule has 1 atom stereocenters. The van der Waals surface area contributed by atoms with Crippen LogP contribution in [0, 0.1) is 5.92 Å². The second-order valence-corrected chi connectivity index (χ2v) is 2.81. The Kier molecular flexibility index (Phi) is 2.46. The van der Waals surface area contributed by atoms with Gasteiger partial charge >= 0.3 is 0 Å². The van der Waals surface area contributed by atoms with Gasteiger partial charge in [-0.1, -0.05) is 0 Å². The van der Waals surface area contributed by atoms with Crippen molar-refractivity contribution in [3.05, 3.63) is 0 Å². The number of aliphatic hydroxyl groups excluding tert-OH is 1. The number of rotatable bonds is 2. The smallest absolute Gasteiger partial charge is 0.223 e. The molecule has 0 radical (unpaired) electrons. The Labute approximate surface area is 65.4 Å². The number of hydrogen-bond donors (Lipinski definition) is 2. The van der Waals surface area contributed by atoms with Crippen molar-refractivity contribution in [2.45, 2.75) is 19.6 Å². The first-order valence-electron chi connectivity index (χ1n) is 3.79. The molecule has 1 aliphatic heterocycles. The fourth-order valence-corrected chi connectivity index (χ4v) is 1.31. The minimum absolute atomic E-state index is 0.0191. The first kappa shape index (κ1) is 8.49. The summed E-state index contributed by atoms with van der Waals surface area (Å²) in [6, 6.07) is 0. The predicted octanol–water partition coefficient (Wildman–Crippen LogP) is -0.835. The molecule has 1 amide bonds. The molecule has 64 valence electrons. The van der Waals surface area contributed by atoms with E-state index >= 15 is 0 Å². The van der Waals surface area contributed by atoms with Gasteiger partial charge < -0.3 is 15.1 Å². The number of nitrogens with zero attached hydrogens (tertiary/aromatic N) is 1. The van der Waals surface area contributed by atoms with E-state index in [1.165, 1.54) is 0 Å². The second-order valence-electron chi connectivity index (χ2n) is 2.81. The highest BCUT2D eigenvalue weighted by Gasteiger charge is 2.32. The van der Waals surface area contributed by atoms with Crippen molar-refractivity contribution in [2.24, 2.45) is 5.92 Å². The molecule has 0 saturated carbocycles. The van der Waals surface area contributed by atoms with Crippen molar-refractivity contribution in [1.29, 1.82) is 0 Å². The average Bonchev–Trinajstić information content (AvgIpc) is 2.31. The summed E-state index contributed by atoms with van der Waals surface area (Å²) in [6.45, 7) is 3.01. The maximum atomic E-state index is 11.0. The lowest BCUT2D eigenvalue weighted by atomic mass is 10.1. The Balaban J connectivity index is 2.49. The highest BCUT2D eigenvalue weighted by molar-refractivity contribution is 5.78. The Morgan fingerprint density at radius 3 is 2.64 bits per heavy atom. The lowest BCUT2D eigenvalue weighted by molar-refractivity contribution is -0.128. The van der Waals surface area contributed by atoms with Gasteiger partial charge in [0.2, 0.25) is 5.91 Å². The maximum absolute atomic E-state index is 11.0. The Morgan fingerprint density at radius 1 is 1.73 bits per heavy atom. The van der Waals surface area contributed by atoms with Crippen LogP contribution >= 0.6 is 0 Å². The van der Waals surface area contributed by atoms with Gasteiger partial charge in [0.25, 0.3) is 0 Å². The van der Waals surface area contributed by atoms with Crippen LogP contribution in [0.15, 0.2) is 0 Å². The lowest BCUT2D eigenvalue weighted by Gasteiger charge is -2.14. The molecule has 0 spiro atoms. The third kappa shape index (κ3) is 1.70. The predicted molar refractivity (Wildman–Crippen MR) is 38.6 cm³/mol. The number of aliphatic hydroxyl groups is 2. The molecule has 0 aromatic rings. The number of carbonyl (C=O) groups excluding carboxylic acids is 1. The second kappa shape index (κ2) is 3.19. The summed E-state index contributed by atoms with van der Waals surface area (Å²) < 4.78 is 0. The largest absolute Gasteiger partial charge is 0.368 e. The van der Waals surface area contributed by atoms with E-state index in [4.69, 9.17) is 10.2 Å². The van der Waals surface area contributed by atoms with Crippen molar-refractivity contribution in [3.63, 3.8) is 0 Å². The van der Waals surface area contributed by atoms with Crippen LogP contribution in [0.2, 0.25) is 0 Å². The monoisotopic (exact) mass is 159 g/mol. The first-order chi connectivity index (χ1) is 5.15. The summed E-state index contributed by atoms with van der Waals surface area (Å²) in [5.41, 5.74) is 0. The van der Waals surface area contributed by atoms with Crippen LogP contribution in [0.25, 0.3) is 0 Å². The van der Waals surface area contributed by atoms with Crippen LogP contribution in [0.3, 0.4) is 0 Å². The summed E-state index contributed by atoms with van der Waals surface area (Å²) in [5, 5.41) is 17.5. The van der Waals surface area contributed by atoms with Gasteiger partial charge in [0.1, 0.15) is 0 Å². The van der Waals surface area contributed by atoms with E-state index in [0.29, 0.717) is 13.1 Å². The molecule has 4 heteroatoms. The van der Waals surface area contributed by atoms with Gasteiger partial charge in [-0.2, -0.15) is 0 Å². The standard InChI is InChI=1S/C7H13NO3/c1-2-8-4-5(7(10)11)3-6(8)9/h5,7,10-11H,2-4H2,1H3. The molecular weight excluding hydrogens is 146 g/mol. The molecule has 1 saturated heterocycles. The molecule has 1 unspecified atom stereocenters. The Morgan fingerprint density at radius 2 is 2.36 bits per heavy atom. The van der Waals surface area contributed by atoms with Gasteiger partial charge in [-0.3, -0.25) is 4.79 Å². The van der Waals surface area contributed by atoms with Gasteiger partial charge in [0.05, 0.1) is 0 Å². The molecule has 1 rings (SSSR count). The number of hydrogen-bond acceptors (Lipinski definition) is 3. The topological polar surface area (TPSA) is 60.8 Å². The summed E-state index contributed by atoms with van der Waals surface area (Å²) in [6.07, 6.45) is -1.08. The minimum atomic E-state index is -1.35. The fraction of sp³-hybridized carbons (Fsp3) is 0.857. The van der Waals surface area contributed by atoms with Crippen molar-refractivity contribution >= 4 is 5.91 Å². The normalized spacial score (nSPS) is 25.3. The number of amides is 1. The van der Waals surface area contributed by atoms with Crippen LogP contribution in [-0.4, -0.2) is 40.4 Å². The van der Waals surface area contributed by atoms with Crippen molar-refractivity contribution in [1.82, 2.24) is 4.90 Å². The van der Waals surface area contributed by atoms with Gasteiger partial charge in [-0.25, -0.2) is 0 Å². The third-order valence-electron chi connectivity index (χ3n) is 2.05. The van der Waals surface area contributed by atoms with Gasteiger partial charge in [0, 0.05) is 25.4 Å². The quantitative estimate of drug-likeness (QED) is 0.517. The fourth-order valence-electron chi connectivity index (χ4n) is 1.31. The van der Waals surface area contributed by atoms with Gasteiger partial charge in [-0.15, -0.1) is 0 Å². The number of likely N-dealkylation sites (tertiary alicyclic amines) is 1. The summed E-state index contributed by atoms with van der Waals surface area (Å²) in [5.74, 6) is -0.270. The maximum Gasteiger partial charge on any atom is 0.223 e. The van der Waals surface area contributed by atoms with Crippen molar-refractivity contribution < 1.29 is 15.0 Å². The zero-order valence-corrected chi connectivity index (χ0v) is 6.53. The highest BCUT2D eigenvalue weighted by atomic mass is 16.5. The molecule has 0 bridgehead atoms. The zero-order chi connectivity index (χ0) is 8.43. The summed E-state index contributed by atoms with van der Waals surface area (Å²) >= 11 is 0. The van der Waals surface area contributed by atoms with E-state index in [1.807, 2.05) is 6.92 Å². The Hall–Kier alpha value is -0.610. The van der Waals surface area contributed by atoms with Crippen LogP contribution in [0.4, 0.5) is 0 Å². The number of carbonyl (C=O) groups is 1. The molecule has 0 aliphatic carbocycles. The van der Waals surface area contributed by atoms with Crippen LogP contribution in [0.5, 0.6) is 0 Å². The van der Waals surface area contributed by atoms with E-state index in [0.717, 1.165) is 0 Å². The van der Waals surface area contributed by atoms with Crippen LogP contribution in [-0.2, 0) is 4.79 Å². The summed E-state index contributed by atoms with van der Waals surface area (Å²) in [7, 11) is 0. The molecule has 1 heterocycles. The molecular formula is C7H13NO3. The zero-order valence-electron chi connectivity index (χ0n) is 6.53. The van der Waals surface area contributed by atoms with E-state index in [2.05, 4.69) is 0 Å². The van der Waals surface area contributed by atoms with E-state index < -0.39 is 6.29 Å². The highest BCUT2D eigenvalue weighted by Crippen LogP contribution is 2.19. The molecule has 1 fully saturated rings.